The molecule has 120 valence electrons. The number of hydrogen-bond donors (Lipinski definition) is 0. The van der Waals surface area contributed by atoms with Gasteiger partial charge in [-0.25, -0.2) is 0 Å². The van der Waals surface area contributed by atoms with Gasteiger partial charge in [0.25, 0.3) is 0 Å². The summed E-state index contributed by atoms with van der Waals surface area (Å²) in [4.78, 5) is 4.60. The number of allylic oxidation sites excluding steroid dienone is 1. The summed E-state index contributed by atoms with van der Waals surface area (Å²) in [6, 6.07) is 4.35. The van der Waals surface area contributed by atoms with Crippen LogP contribution in [0.3, 0.4) is 0 Å². The van der Waals surface area contributed by atoms with Crippen LogP contribution in [0.2, 0.25) is 0 Å². The Balaban J connectivity index is 1.64. The minimum Gasteiger partial charge on any atom is -0.485 e. The maximum absolute atomic E-state index is 6.33. The van der Waals surface area contributed by atoms with Crippen molar-refractivity contribution in [2.75, 3.05) is 0 Å². The lowest BCUT2D eigenvalue weighted by atomic mass is 9.72. The standard InChI is InChI=1S/C19H26INO/c1-13-5-10-16-17(21-13)11-12-18(20-16)22-15-8-6-14(7-9-15)19(2,3)4/h5,10-12,14-15H,6-9H2,1-4H3. The van der Waals surface area contributed by atoms with Crippen molar-refractivity contribution in [3.05, 3.63) is 36.2 Å². The van der Waals surface area contributed by atoms with E-state index in [1.807, 2.05) is 0 Å². The lowest BCUT2D eigenvalue weighted by molar-refractivity contribution is 0.0570. The molecule has 22 heavy (non-hydrogen) atoms. The highest BCUT2D eigenvalue weighted by molar-refractivity contribution is 14.2. The van der Waals surface area contributed by atoms with Crippen LogP contribution in [0, 0.1) is 21.4 Å². The Morgan fingerprint density at radius 3 is 2.50 bits per heavy atom. The number of halogens is 1. The zero-order valence-electron chi connectivity index (χ0n) is 14.0. The van der Waals surface area contributed by atoms with Crippen LogP contribution in [0.1, 0.15) is 52.1 Å². The largest absolute Gasteiger partial charge is 0.485 e. The SMILES string of the molecule is Cc1ccc2c(n1)=CC=C(OC1CCC(C(C)(C)C)CC1)I=2. The molecule has 0 aromatic carbocycles. The molecule has 1 fully saturated rings. The van der Waals surface area contributed by atoms with Crippen LogP contribution in [0.4, 0.5) is 0 Å². The predicted octanol–water partition coefficient (Wildman–Crippen LogP) is 4.87. The van der Waals surface area contributed by atoms with Crippen LogP contribution < -0.4 is 5.35 Å². The monoisotopic (exact) mass is 411 g/mol. The van der Waals surface area contributed by atoms with Crippen molar-refractivity contribution in [3.63, 3.8) is 0 Å². The van der Waals surface area contributed by atoms with Gasteiger partial charge in [-0.1, -0.05) is 20.8 Å². The molecule has 1 aromatic heterocycles. The van der Waals surface area contributed by atoms with Crippen molar-refractivity contribution < 1.29 is 4.74 Å². The molecular weight excluding hydrogens is 385 g/mol. The van der Waals surface area contributed by atoms with E-state index in [0.29, 0.717) is 11.5 Å². The number of nitrogens with zero attached hydrogens (tertiary/aromatic N) is 1. The first-order chi connectivity index (χ1) is 10.4. The van der Waals surface area contributed by atoms with Gasteiger partial charge in [0, 0.05) is 8.85 Å². The van der Waals surface area contributed by atoms with Gasteiger partial charge in [-0.2, -0.15) is 0 Å². The molecule has 2 aliphatic rings. The van der Waals surface area contributed by atoms with Crippen LogP contribution in [0.25, 0.3) is 6.08 Å². The first-order valence-corrected chi connectivity index (χ1v) is 10.4. The maximum atomic E-state index is 6.33. The minimum absolute atomic E-state index is 0.200. The highest BCUT2D eigenvalue weighted by Gasteiger charge is 2.30. The lowest BCUT2D eigenvalue weighted by Gasteiger charge is -2.37. The number of rotatable bonds is 2. The van der Waals surface area contributed by atoms with Crippen molar-refractivity contribution in [2.24, 2.45) is 11.3 Å². The van der Waals surface area contributed by atoms with Gasteiger partial charge in [-0.3, -0.25) is 4.98 Å². The summed E-state index contributed by atoms with van der Waals surface area (Å²) in [5.41, 5.74) is 1.54. The molecule has 1 aliphatic carbocycles. The van der Waals surface area contributed by atoms with Crippen LogP contribution in [0.5, 0.6) is 0 Å². The summed E-state index contributed by atoms with van der Waals surface area (Å²) in [6.07, 6.45) is 9.75. The van der Waals surface area contributed by atoms with Crippen molar-refractivity contribution in [3.8, 4) is 0 Å². The second-order valence-electron chi connectivity index (χ2n) is 7.51. The fourth-order valence-corrected chi connectivity index (χ4v) is 5.66. The van der Waals surface area contributed by atoms with Crippen LogP contribution in [-0.2, 0) is 4.74 Å². The molecule has 2 heterocycles. The molecule has 1 aromatic rings. The number of pyridine rings is 1. The summed E-state index contributed by atoms with van der Waals surface area (Å²) in [7, 11) is 0. The second-order valence-corrected chi connectivity index (χ2v) is 10.3. The molecule has 0 saturated heterocycles. The Kier molecular flexibility index (Phi) is 4.72. The topological polar surface area (TPSA) is 22.1 Å². The molecule has 0 bridgehead atoms. The Morgan fingerprint density at radius 2 is 1.82 bits per heavy atom. The predicted molar refractivity (Wildman–Crippen MR) is 100 cm³/mol. The van der Waals surface area contributed by atoms with E-state index in [1.54, 1.807) is 0 Å². The van der Waals surface area contributed by atoms with Crippen molar-refractivity contribution in [2.45, 2.75) is 59.5 Å². The molecule has 2 nitrogen and oxygen atoms in total. The zero-order chi connectivity index (χ0) is 15.7. The highest BCUT2D eigenvalue weighted by Crippen LogP contribution is 2.39. The lowest BCUT2D eigenvalue weighted by Crippen LogP contribution is -2.28. The summed E-state index contributed by atoms with van der Waals surface area (Å²) in [5.74, 6) is 0.849. The number of fused-ring (bicyclic) bond motifs is 1. The van der Waals surface area contributed by atoms with Gasteiger partial charge in [-0.15, -0.1) is 0 Å². The maximum Gasteiger partial charge on any atom is 0.152 e. The third kappa shape index (κ3) is 3.79. The van der Waals surface area contributed by atoms with Crippen molar-refractivity contribution in [1.29, 1.82) is 0 Å². The first kappa shape index (κ1) is 16.2. The molecule has 0 amide bonds. The summed E-state index contributed by atoms with van der Waals surface area (Å²) in [6.45, 7) is 9.16. The summed E-state index contributed by atoms with van der Waals surface area (Å²) < 4.78 is 8.94. The molecule has 0 atom stereocenters. The van der Waals surface area contributed by atoms with E-state index in [9.17, 15) is 0 Å². The fourth-order valence-electron chi connectivity index (χ4n) is 3.30. The van der Waals surface area contributed by atoms with Crippen molar-refractivity contribution in [1.82, 2.24) is 4.98 Å². The van der Waals surface area contributed by atoms with Crippen LogP contribution in [0.15, 0.2) is 22.0 Å². The second kappa shape index (κ2) is 6.42. The normalized spacial score (nSPS) is 25.0. The van der Waals surface area contributed by atoms with E-state index in [1.165, 1.54) is 32.6 Å². The number of aryl methyl sites for hydroxylation is 1. The zero-order valence-corrected chi connectivity index (χ0v) is 16.2. The molecule has 3 rings (SSSR count). The molecule has 1 aliphatic heterocycles. The van der Waals surface area contributed by atoms with E-state index < -0.39 is 0 Å². The minimum atomic E-state index is -0.200. The van der Waals surface area contributed by atoms with E-state index in [0.717, 1.165) is 17.0 Å². The highest BCUT2D eigenvalue weighted by atomic mass is 127. The third-order valence-corrected chi connectivity index (χ3v) is 7.40. The first-order valence-electron chi connectivity index (χ1n) is 8.26. The van der Waals surface area contributed by atoms with E-state index in [4.69, 9.17) is 4.74 Å². The Bertz CT molecular complexity index is 691. The Labute approximate surface area is 143 Å². The van der Waals surface area contributed by atoms with Crippen molar-refractivity contribution >= 4 is 26.8 Å². The molecule has 0 spiro atoms. The van der Waals surface area contributed by atoms with Gasteiger partial charge in [0.05, 0.1) is 11.5 Å². The Morgan fingerprint density at radius 1 is 1.09 bits per heavy atom. The molecule has 0 radical (unpaired) electrons. The Hall–Kier alpha value is -0.710. The van der Waals surface area contributed by atoms with E-state index in [-0.39, 0.29) is 20.7 Å². The van der Waals surface area contributed by atoms with Gasteiger partial charge in [0.2, 0.25) is 0 Å². The summed E-state index contributed by atoms with van der Waals surface area (Å²) in [5, 5.41) is 1.15. The quantitative estimate of drug-likeness (QED) is 0.648. The average molecular weight is 411 g/mol. The summed E-state index contributed by atoms with van der Waals surface area (Å²) >= 11 is -0.200. The van der Waals surface area contributed by atoms with Gasteiger partial charge in [0.15, 0.2) is 3.77 Å². The molecule has 3 heteroatoms. The average Bonchev–Trinajstić information content (AvgIpc) is 2.47. The van der Waals surface area contributed by atoms with Crippen LogP contribution in [-0.4, -0.2) is 11.1 Å². The van der Waals surface area contributed by atoms with Gasteiger partial charge < -0.3 is 4.74 Å². The molecule has 0 N–H and O–H groups in total. The third-order valence-electron chi connectivity index (χ3n) is 4.76. The molecular formula is C19H26INO. The molecule has 0 unspecified atom stereocenters. The number of hydrogen-bond acceptors (Lipinski definition) is 2. The number of ether oxygens (including phenoxy) is 1. The van der Waals surface area contributed by atoms with Gasteiger partial charge in [0.1, 0.15) is 0 Å². The van der Waals surface area contributed by atoms with Crippen LogP contribution >= 0.6 is 20.7 Å². The molecule has 1 saturated carbocycles. The smallest absolute Gasteiger partial charge is 0.152 e. The number of aromatic nitrogens is 1. The van der Waals surface area contributed by atoms with E-state index in [2.05, 4.69) is 57.0 Å². The van der Waals surface area contributed by atoms with E-state index >= 15 is 0 Å². The fraction of sp³-hybridized carbons (Fsp3) is 0.579. The van der Waals surface area contributed by atoms with Gasteiger partial charge in [-0.05, 0) is 89.0 Å². The van der Waals surface area contributed by atoms with Gasteiger partial charge >= 0.3 is 0 Å².